The van der Waals surface area contributed by atoms with Gasteiger partial charge in [0, 0.05) is 29.5 Å². The normalized spacial score (nSPS) is 10.5. The molecule has 2 rings (SSSR count). The highest BCUT2D eigenvalue weighted by atomic mass is 79.9. The van der Waals surface area contributed by atoms with E-state index in [4.69, 9.17) is 0 Å². The highest BCUT2D eigenvalue weighted by Crippen LogP contribution is 2.21. The molecule has 0 bridgehead atoms. The van der Waals surface area contributed by atoms with Gasteiger partial charge in [-0.15, -0.1) is 0 Å². The molecule has 0 saturated heterocycles. The van der Waals surface area contributed by atoms with E-state index in [0.717, 1.165) is 47.0 Å². The minimum atomic E-state index is 0.750. The highest BCUT2D eigenvalue weighted by Gasteiger charge is 2.09. The molecule has 0 fully saturated rings. The third kappa shape index (κ3) is 4.17. The van der Waals surface area contributed by atoms with Crippen LogP contribution in [-0.4, -0.2) is 16.5 Å². The van der Waals surface area contributed by atoms with E-state index < -0.39 is 0 Å². The maximum absolute atomic E-state index is 4.59. The molecule has 1 heterocycles. The van der Waals surface area contributed by atoms with Crippen LogP contribution >= 0.6 is 15.9 Å². The van der Waals surface area contributed by atoms with Crippen LogP contribution in [-0.2, 0) is 13.0 Å². The Hall–Kier alpha value is -1.62. The molecule has 0 radical (unpaired) electrons. The zero-order valence-corrected chi connectivity index (χ0v) is 14.3. The van der Waals surface area contributed by atoms with Gasteiger partial charge in [-0.2, -0.15) is 0 Å². The summed E-state index contributed by atoms with van der Waals surface area (Å²) in [5, 5.41) is 6.72. The van der Waals surface area contributed by atoms with Gasteiger partial charge in [0.1, 0.15) is 17.5 Å². The Balaban J connectivity index is 2.18. The molecule has 112 valence electrons. The number of anilines is 2. The molecule has 0 unspecified atom stereocenters. The van der Waals surface area contributed by atoms with Crippen LogP contribution in [0.3, 0.4) is 0 Å². The Morgan fingerprint density at radius 3 is 2.19 bits per heavy atom. The Morgan fingerprint density at radius 2 is 1.62 bits per heavy atom. The molecule has 2 aromatic rings. The molecule has 0 atom stereocenters. The number of halogens is 1. The van der Waals surface area contributed by atoms with Crippen molar-refractivity contribution in [2.75, 3.05) is 17.2 Å². The fraction of sp³-hybridized carbons (Fsp3) is 0.375. The van der Waals surface area contributed by atoms with E-state index >= 15 is 0 Å². The van der Waals surface area contributed by atoms with Crippen LogP contribution in [0.2, 0.25) is 0 Å². The van der Waals surface area contributed by atoms with Crippen LogP contribution in [0.15, 0.2) is 28.7 Å². The van der Waals surface area contributed by atoms with Crippen molar-refractivity contribution in [1.29, 1.82) is 0 Å². The number of benzene rings is 1. The van der Waals surface area contributed by atoms with E-state index in [1.54, 1.807) is 0 Å². The van der Waals surface area contributed by atoms with Gasteiger partial charge in [0.25, 0.3) is 0 Å². The molecule has 4 nitrogen and oxygen atoms in total. The van der Waals surface area contributed by atoms with Gasteiger partial charge < -0.3 is 10.6 Å². The van der Waals surface area contributed by atoms with Gasteiger partial charge in [-0.3, -0.25) is 0 Å². The molecule has 0 saturated carbocycles. The molecule has 0 aliphatic rings. The molecule has 21 heavy (non-hydrogen) atoms. The average Bonchev–Trinajstić information content (AvgIpc) is 2.50. The fourth-order valence-electron chi connectivity index (χ4n) is 2.02. The Bertz CT molecular complexity index is 596. The molecule has 0 amide bonds. The van der Waals surface area contributed by atoms with E-state index in [2.05, 4.69) is 62.5 Å². The van der Waals surface area contributed by atoms with Crippen LogP contribution in [0.4, 0.5) is 11.6 Å². The van der Waals surface area contributed by atoms with Gasteiger partial charge in [0.15, 0.2) is 0 Å². The lowest BCUT2D eigenvalue weighted by molar-refractivity contribution is 0.919. The van der Waals surface area contributed by atoms with E-state index in [-0.39, 0.29) is 0 Å². The van der Waals surface area contributed by atoms with Crippen molar-refractivity contribution in [1.82, 2.24) is 9.97 Å². The first-order valence-corrected chi connectivity index (χ1v) is 8.03. The second kappa shape index (κ2) is 7.41. The third-order valence-electron chi connectivity index (χ3n) is 3.23. The zero-order chi connectivity index (χ0) is 15.2. The Labute approximate surface area is 134 Å². The maximum atomic E-state index is 4.59. The zero-order valence-electron chi connectivity index (χ0n) is 12.7. The second-order valence-corrected chi connectivity index (χ2v) is 5.74. The van der Waals surface area contributed by atoms with Crippen LogP contribution in [0.5, 0.6) is 0 Å². The summed E-state index contributed by atoms with van der Waals surface area (Å²) < 4.78 is 1.09. The topological polar surface area (TPSA) is 49.8 Å². The summed E-state index contributed by atoms with van der Waals surface area (Å²) in [5.74, 6) is 2.68. The van der Waals surface area contributed by atoms with Crippen molar-refractivity contribution in [3.05, 3.63) is 45.7 Å². The molecular formula is C16H21BrN4. The average molecular weight is 349 g/mol. The molecular weight excluding hydrogens is 328 g/mol. The molecule has 1 aromatic carbocycles. The van der Waals surface area contributed by atoms with Crippen LogP contribution in [0.25, 0.3) is 0 Å². The van der Waals surface area contributed by atoms with Crippen molar-refractivity contribution < 1.29 is 0 Å². The first-order valence-electron chi connectivity index (χ1n) is 7.23. The van der Waals surface area contributed by atoms with Crippen molar-refractivity contribution in [3.8, 4) is 0 Å². The van der Waals surface area contributed by atoms with Crippen LogP contribution < -0.4 is 10.6 Å². The van der Waals surface area contributed by atoms with E-state index in [0.29, 0.717) is 0 Å². The van der Waals surface area contributed by atoms with E-state index in [1.165, 1.54) is 5.56 Å². The lowest BCUT2D eigenvalue weighted by atomic mass is 10.2. The maximum Gasteiger partial charge on any atom is 0.135 e. The molecule has 2 N–H and O–H groups in total. The van der Waals surface area contributed by atoms with Crippen molar-refractivity contribution in [3.63, 3.8) is 0 Å². The largest absolute Gasteiger partial charge is 0.370 e. The smallest absolute Gasteiger partial charge is 0.135 e. The molecule has 0 aliphatic carbocycles. The standard InChI is InChI=1S/C16H21BrN4/c1-4-14-20-15(18-5-2)11(3)16(21-14)19-10-12-6-8-13(17)9-7-12/h6-9H,4-5,10H2,1-3H3,(H2,18,19,20,21). The number of aromatic nitrogens is 2. The summed E-state index contributed by atoms with van der Waals surface area (Å²) in [4.78, 5) is 9.13. The number of hydrogen-bond acceptors (Lipinski definition) is 4. The Morgan fingerprint density at radius 1 is 1.00 bits per heavy atom. The summed E-state index contributed by atoms with van der Waals surface area (Å²) in [5.41, 5.74) is 2.28. The number of nitrogens with one attached hydrogen (secondary N) is 2. The molecule has 5 heteroatoms. The minimum Gasteiger partial charge on any atom is -0.370 e. The van der Waals surface area contributed by atoms with Crippen molar-refractivity contribution >= 4 is 27.6 Å². The highest BCUT2D eigenvalue weighted by molar-refractivity contribution is 9.10. The SMILES string of the molecule is CCNc1nc(CC)nc(NCc2ccc(Br)cc2)c1C. The van der Waals surface area contributed by atoms with Gasteiger partial charge in [0.2, 0.25) is 0 Å². The number of hydrogen-bond donors (Lipinski definition) is 2. The summed E-state index contributed by atoms with van der Waals surface area (Å²) in [6.07, 6.45) is 0.825. The number of aryl methyl sites for hydroxylation is 1. The van der Waals surface area contributed by atoms with Gasteiger partial charge >= 0.3 is 0 Å². The summed E-state index contributed by atoms with van der Waals surface area (Å²) in [7, 11) is 0. The second-order valence-electron chi connectivity index (χ2n) is 4.83. The first-order chi connectivity index (χ1) is 10.1. The number of nitrogens with zero attached hydrogens (tertiary/aromatic N) is 2. The lowest BCUT2D eigenvalue weighted by Crippen LogP contribution is -2.11. The molecule has 0 aliphatic heterocycles. The first kappa shape index (κ1) is 15.8. The quantitative estimate of drug-likeness (QED) is 0.822. The van der Waals surface area contributed by atoms with Gasteiger partial charge in [0.05, 0.1) is 0 Å². The third-order valence-corrected chi connectivity index (χ3v) is 3.75. The number of rotatable bonds is 6. The summed E-state index contributed by atoms with van der Waals surface area (Å²) >= 11 is 3.45. The van der Waals surface area contributed by atoms with Crippen molar-refractivity contribution in [2.45, 2.75) is 33.7 Å². The monoisotopic (exact) mass is 348 g/mol. The molecule has 1 aromatic heterocycles. The predicted octanol–water partition coefficient (Wildman–Crippen LogP) is 4.15. The summed E-state index contributed by atoms with van der Waals surface area (Å²) in [6.45, 7) is 7.79. The van der Waals surface area contributed by atoms with E-state index in [9.17, 15) is 0 Å². The summed E-state index contributed by atoms with van der Waals surface area (Å²) in [6, 6.07) is 8.29. The van der Waals surface area contributed by atoms with Crippen LogP contribution in [0.1, 0.15) is 30.8 Å². The lowest BCUT2D eigenvalue weighted by Gasteiger charge is -2.14. The van der Waals surface area contributed by atoms with Crippen molar-refractivity contribution in [2.24, 2.45) is 0 Å². The van der Waals surface area contributed by atoms with Gasteiger partial charge in [-0.1, -0.05) is 35.0 Å². The van der Waals surface area contributed by atoms with Gasteiger partial charge in [-0.05, 0) is 31.5 Å². The predicted molar refractivity (Wildman–Crippen MR) is 91.8 cm³/mol. The molecule has 0 spiro atoms. The van der Waals surface area contributed by atoms with E-state index in [1.807, 2.05) is 19.1 Å². The Kier molecular flexibility index (Phi) is 5.56. The van der Waals surface area contributed by atoms with Gasteiger partial charge in [-0.25, -0.2) is 9.97 Å². The minimum absolute atomic E-state index is 0.750. The van der Waals surface area contributed by atoms with Crippen LogP contribution in [0, 0.1) is 6.92 Å². The fourth-order valence-corrected chi connectivity index (χ4v) is 2.29.